The first kappa shape index (κ1) is 11.0. The molecule has 78 valence electrons. The summed E-state index contributed by atoms with van der Waals surface area (Å²) < 4.78 is 1.65. The standard InChI is InChI=1S/C8H13N3O2S/c1-3-6(4-7(12)13)14-8-9-5-10-11(8)2/h5-6H,3-4H2,1-2H3,(H,12,13). The van der Waals surface area contributed by atoms with Gasteiger partial charge in [0.05, 0.1) is 6.42 Å². The van der Waals surface area contributed by atoms with Crippen LogP contribution in [0.15, 0.2) is 11.5 Å². The quantitative estimate of drug-likeness (QED) is 0.746. The average Bonchev–Trinajstić information content (AvgIpc) is 2.50. The van der Waals surface area contributed by atoms with Gasteiger partial charge in [-0.2, -0.15) is 5.10 Å². The van der Waals surface area contributed by atoms with Gasteiger partial charge in [0.25, 0.3) is 0 Å². The summed E-state index contributed by atoms with van der Waals surface area (Å²) in [5, 5.41) is 13.4. The van der Waals surface area contributed by atoms with Crippen molar-refractivity contribution in [2.75, 3.05) is 0 Å². The van der Waals surface area contributed by atoms with Gasteiger partial charge < -0.3 is 5.11 Å². The fourth-order valence-electron chi connectivity index (χ4n) is 1.01. The van der Waals surface area contributed by atoms with Gasteiger partial charge in [0.1, 0.15) is 6.33 Å². The summed E-state index contributed by atoms with van der Waals surface area (Å²) in [4.78, 5) is 14.6. The molecule has 0 aliphatic heterocycles. The average molecular weight is 215 g/mol. The fraction of sp³-hybridized carbons (Fsp3) is 0.625. The third-order valence-electron chi connectivity index (χ3n) is 1.80. The molecule has 0 saturated carbocycles. The minimum absolute atomic E-state index is 0.0652. The second-order valence-electron chi connectivity index (χ2n) is 2.91. The number of nitrogens with zero attached hydrogens (tertiary/aromatic N) is 3. The molecule has 5 nitrogen and oxygen atoms in total. The molecule has 0 aliphatic rings. The largest absolute Gasteiger partial charge is 0.481 e. The minimum Gasteiger partial charge on any atom is -0.481 e. The van der Waals surface area contributed by atoms with Gasteiger partial charge in [-0.1, -0.05) is 18.7 Å². The lowest BCUT2D eigenvalue weighted by Crippen LogP contribution is -2.10. The molecular formula is C8H13N3O2S. The van der Waals surface area contributed by atoms with Gasteiger partial charge in [-0.05, 0) is 6.42 Å². The van der Waals surface area contributed by atoms with Gasteiger partial charge in [-0.15, -0.1) is 0 Å². The van der Waals surface area contributed by atoms with E-state index in [2.05, 4.69) is 10.1 Å². The van der Waals surface area contributed by atoms with Crippen molar-refractivity contribution in [1.29, 1.82) is 0 Å². The second-order valence-corrected chi connectivity index (χ2v) is 4.18. The highest BCUT2D eigenvalue weighted by molar-refractivity contribution is 7.99. The lowest BCUT2D eigenvalue weighted by Gasteiger charge is -2.10. The number of carbonyl (C=O) groups is 1. The molecule has 0 aliphatic carbocycles. The predicted molar refractivity (Wildman–Crippen MR) is 53.2 cm³/mol. The third kappa shape index (κ3) is 3.02. The van der Waals surface area contributed by atoms with Gasteiger partial charge in [0, 0.05) is 12.3 Å². The number of thioether (sulfide) groups is 1. The number of hydrogen-bond donors (Lipinski definition) is 1. The molecule has 0 saturated heterocycles. The van der Waals surface area contributed by atoms with Crippen molar-refractivity contribution < 1.29 is 9.90 Å². The maximum atomic E-state index is 10.5. The molecule has 0 fully saturated rings. The van der Waals surface area contributed by atoms with Crippen LogP contribution in [0.1, 0.15) is 19.8 Å². The molecule has 6 heteroatoms. The summed E-state index contributed by atoms with van der Waals surface area (Å²) in [6.07, 6.45) is 2.44. The molecule has 1 heterocycles. The van der Waals surface area contributed by atoms with Crippen LogP contribution in [0.3, 0.4) is 0 Å². The van der Waals surface area contributed by atoms with Crippen molar-refractivity contribution in [3.05, 3.63) is 6.33 Å². The van der Waals surface area contributed by atoms with Crippen LogP contribution in [0.2, 0.25) is 0 Å². The number of carboxylic acid groups (broad SMARTS) is 1. The molecule has 0 bridgehead atoms. The Labute approximate surface area is 86.5 Å². The number of rotatable bonds is 5. The molecule has 14 heavy (non-hydrogen) atoms. The fourth-order valence-corrected chi connectivity index (χ4v) is 2.00. The summed E-state index contributed by atoms with van der Waals surface area (Å²) >= 11 is 1.46. The highest BCUT2D eigenvalue weighted by atomic mass is 32.2. The van der Waals surface area contributed by atoms with Crippen LogP contribution in [-0.4, -0.2) is 31.1 Å². The van der Waals surface area contributed by atoms with E-state index in [0.717, 1.165) is 11.6 Å². The topological polar surface area (TPSA) is 68.0 Å². The van der Waals surface area contributed by atoms with Crippen LogP contribution in [0.5, 0.6) is 0 Å². The molecule has 1 aromatic heterocycles. The van der Waals surface area contributed by atoms with Crippen molar-refractivity contribution in [3.8, 4) is 0 Å². The summed E-state index contributed by atoms with van der Waals surface area (Å²) in [6, 6.07) is 0. The molecule has 1 rings (SSSR count). The zero-order valence-electron chi connectivity index (χ0n) is 8.17. The van der Waals surface area contributed by atoms with Crippen LogP contribution >= 0.6 is 11.8 Å². The molecule has 0 radical (unpaired) electrons. The Kier molecular flexibility index (Phi) is 3.94. The Morgan fingerprint density at radius 1 is 1.79 bits per heavy atom. The zero-order chi connectivity index (χ0) is 10.6. The van der Waals surface area contributed by atoms with Gasteiger partial charge >= 0.3 is 5.97 Å². The van der Waals surface area contributed by atoms with Gasteiger partial charge in [0.2, 0.25) is 0 Å². The minimum atomic E-state index is -0.772. The van der Waals surface area contributed by atoms with E-state index in [-0.39, 0.29) is 11.7 Å². The first-order chi connectivity index (χ1) is 6.63. The Bertz CT molecular complexity index is 313. The third-order valence-corrected chi connectivity index (χ3v) is 3.21. The number of carboxylic acids is 1. The Morgan fingerprint density at radius 2 is 2.50 bits per heavy atom. The van der Waals surface area contributed by atoms with Crippen molar-refractivity contribution in [3.63, 3.8) is 0 Å². The summed E-state index contributed by atoms with van der Waals surface area (Å²) in [6.45, 7) is 1.97. The van der Waals surface area contributed by atoms with Crippen LogP contribution in [-0.2, 0) is 11.8 Å². The first-order valence-corrected chi connectivity index (χ1v) is 5.24. The van der Waals surface area contributed by atoms with E-state index in [9.17, 15) is 4.79 Å². The molecular weight excluding hydrogens is 202 g/mol. The SMILES string of the molecule is CCC(CC(=O)O)Sc1ncnn1C. The zero-order valence-corrected chi connectivity index (χ0v) is 8.99. The normalized spacial score (nSPS) is 12.7. The van der Waals surface area contributed by atoms with Crippen LogP contribution in [0.4, 0.5) is 0 Å². The van der Waals surface area contributed by atoms with Crippen LogP contribution in [0.25, 0.3) is 0 Å². The van der Waals surface area contributed by atoms with E-state index in [0.29, 0.717) is 0 Å². The van der Waals surface area contributed by atoms with Crippen molar-refractivity contribution in [2.24, 2.45) is 7.05 Å². The van der Waals surface area contributed by atoms with Crippen molar-refractivity contribution in [1.82, 2.24) is 14.8 Å². The molecule has 0 spiro atoms. The smallest absolute Gasteiger partial charge is 0.304 e. The van der Waals surface area contributed by atoms with E-state index in [1.165, 1.54) is 18.1 Å². The maximum absolute atomic E-state index is 10.5. The number of hydrogen-bond acceptors (Lipinski definition) is 4. The van der Waals surface area contributed by atoms with Gasteiger partial charge in [-0.25, -0.2) is 9.67 Å². The lowest BCUT2D eigenvalue weighted by molar-refractivity contribution is -0.136. The van der Waals surface area contributed by atoms with Crippen LogP contribution < -0.4 is 0 Å². The van der Waals surface area contributed by atoms with E-state index in [1.54, 1.807) is 11.7 Å². The van der Waals surface area contributed by atoms with E-state index in [4.69, 9.17) is 5.11 Å². The highest BCUT2D eigenvalue weighted by Crippen LogP contribution is 2.24. The highest BCUT2D eigenvalue weighted by Gasteiger charge is 2.15. The summed E-state index contributed by atoms with van der Waals surface area (Å²) in [5.41, 5.74) is 0. The van der Waals surface area contributed by atoms with Crippen molar-refractivity contribution >= 4 is 17.7 Å². The Morgan fingerprint density at radius 3 is 2.93 bits per heavy atom. The number of aromatic nitrogens is 3. The van der Waals surface area contributed by atoms with Crippen LogP contribution in [0, 0.1) is 0 Å². The number of aliphatic carboxylic acids is 1. The molecule has 1 N–H and O–H groups in total. The molecule has 0 amide bonds. The van der Waals surface area contributed by atoms with E-state index >= 15 is 0 Å². The first-order valence-electron chi connectivity index (χ1n) is 4.36. The molecule has 1 atom stereocenters. The second kappa shape index (κ2) is 4.99. The number of aryl methyl sites for hydroxylation is 1. The summed E-state index contributed by atoms with van der Waals surface area (Å²) in [5.74, 6) is -0.772. The molecule has 0 aromatic carbocycles. The Hall–Kier alpha value is -1.04. The van der Waals surface area contributed by atoms with E-state index in [1.807, 2.05) is 6.92 Å². The predicted octanol–water partition coefficient (Wildman–Crippen LogP) is 1.16. The molecule has 1 aromatic rings. The lowest BCUT2D eigenvalue weighted by atomic mass is 10.2. The maximum Gasteiger partial charge on any atom is 0.304 e. The monoisotopic (exact) mass is 215 g/mol. The summed E-state index contributed by atoms with van der Waals surface area (Å²) in [7, 11) is 1.79. The van der Waals surface area contributed by atoms with E-state index < -0.39 is 5.97 Å². The van der Waals surface area contributed by atoms with Gasteiger partial charge in [0.15, 0.2) is 5.16 Å². The van der Waals surface area contributed by atoms with Gasteiger partial charge in [-0.3, -0.25) is 4.79 Å². The van der Waals surface area contributed by atoms with Crippen molar-refractivity contribution in [2.45, 2.75) is 30.2 Å². The molecule has 1 unspecified atom stereocenters. The Balaban J connectivity index is 2.57.